The highest BCUT2D eigenvalue weighted by atomic mass is 16.6. The molecule has 21 heavy (non-hydrogen) atoms. The molecule has 3 rings (SSSR count). The lowest BCUT2D eigenvalue weighted by atomic mass is 9.94. The standard InChI is InChI=1S/C14H10O7/c15-12(16)10-3-5-14(21-10,13(17)18)11-8(4-7-20-11)9-2-1-6-19-9/h1-4,6-7H,5H2,(H,15,16)(H,17,18). The van der Waals surface area contributed by atoms with E-state index in [4.69, 9.17) is 18.7 Å². The smallest absolute Gasteiger partial charge is 0.370 e. The highest BCUT2D eigenvalue weighted by molar-refractivity contribution is 5.89. The van der Waals surface area contributed by atoms with Crippen molar-refractivity contribution in [1.82, 2.24) is 0 Å². The maximum Gasteiger partial charge on any atom is 0.370 e. The van der Waals surface area contributed by atoms with Crippen molar-refractivity contribution in [3.05, 3.63) is 48.3 Å². The Hall–Kier alpha value is -2.96. The zero-order valence-corrected chi connectivity index (χ0v) is 10.6. The van der Waals surface area contributed by atoms with Crippen molar-refractivity contribution in [2.75, 3.05) is 0 Å². The monoisotopic (exact) mass is 290 g/mol. The van der Waals surface area contributed by atoms with E-state index in [0.29, 0.717) is 11.3 Å². The van der Waals surface area contributed by atoms with Crippen molar-refractivity contribution in [2.24, 2.45) is 0 Å². The van der Waals surface area contributed by atoms with Crippen LogP contribution < -0.4 is 0 Å². The normalized spacial score (nSPS) is 20.9. The van der Waals surface area contributed by atoms with Gasteiger partial charge in [0.05, 0.1) is 18.1 Å². The zero-order chi connectivity index (χ0) is 15.0. The number of carbonyl (C=O) groups is 2. The summed E-state index contributed by atoms with van der Waals surface area (Å²) < 4.78 is 15.7. The molecule has 1 aliphatic heterocycles. The van der Waals surface area contributed by atoms with Gasteiger partial charge < -0.3 is 23.8 Å². The lowest BCUT2D eigenvalue weighted by molar-refractivity contribution is -0.164. The Labute approximate surface area is 118 Å². The Morgan fingerprint density at radius 1 is 1.14 bits per heavy atom. The predicted molar refractivity (Wildman–Crippen MR) is 67.1 cm³/mol. The molecule has 0 fully saturated rings. The molecule has 2 aromatic heterocycles. The number of carboxylic acid groups (broad SMARTS) is 2. The summed E-state index contributed by atoms with van der Waals surface area (Å²) in [5.74, 6) is -2.68. The van der Waals surface area contributed by atoms with Crippen LogP contribution in [0.15, 0.2) is 51.4 Å². The molecule has 0 spiro atoms. The van der Waals surface area contributed by atoms with Crippen LogP contribution in [0.5, 0.6) is 0 Å². The molecule has 3 heterocycles. The minimum Gasteiger partial charge on any atom is -0.478 e. The third kappa shape index (κ3) is 1.90. The SMILES string of the molecule is O=C(O)C1=CCC(C(=O)O)(c2occc2-c2ccco2)O1. The molecule has 7 nitrogen and oxygen atoms in total. The average Bonchev–Trinajstić information content (AvgIpc) is 3.18. The van der Waals surface area contributed by atoms with Crippen molar-refractivity contribution in [2.45, 2.75) is 12.0 Å². The van der Waals surface area contributed by atoms with Crippen LogP contribution in [-0.2, 0) is 19.9 Å². The second kappa shape index (κ2) is 4.55. The van der Waals surface area contributed by atoms with Gasteiger partial charge in [-0.05, 0) is 24.3 Å². The van der Waals surface area contributed by atoms with E-state index in [1.54, 1.807) is 18.2 Å². The summed E-state index contributed by atoms with van der Waals surface area (Å²) in [7, 11) is 0. The molecule has 1 unspecified atom stereocenters. The van der Waals surface area contributed by atoms with E-state index in [1.165, 1.54) is 18.6 Å². The second-order valence-corrected chi connectivity index (χ2v) is 4.45. The van der Waals surface area contributed by atoms with Crippen LogP contribution in [0.3, 0.4) is 0 Å². The van der Waals surface area contributed by atoms with E-state index in [0.717, 1.165) is 0 Å². The molecule has 2 aromatic rings. The second-order valence-electron chi connectivity index (χ2n) is 4.45. The lowest BCUT2D eigenvalue weighted by Gasteiger charge is -2.23. The molecule has 0 bridgehead atoms. The van der Waals surface area contributed by atoms with Crippen molar-refractivity contribution >= 4 is 11.9 Å². The summed E-state index contributed by atoms with van der Waals surface area (Å²) in [5, 5.41) is 18.5. The number of hydrogen-bond donors (Lipinski definition) is 2. The van der Waals surface area contributed by atoms with Crippen LogP contribution in [0.1, 0.15) is 12.2 Å². The van der Waals surface area contributed by atoms with Gasteiger partial charge in [0.1, 0.15) is 5.76 Å². The topological polar surface area (TPSA) is 110 Å². The predicted octanol–water partition coefficient (Wildman–Crippen LogP) is 2.21. The van der Waals surface area contributed by atoms with Crippen LogP contribution in [-0.4, -0.2) is 22.2 Å². The van der Waals surface area contributed by atoms with E-state index >= 15 is 0 Å². The van der Waals surface area contributed by atoms with Crippen LogP contribution in [0.2, 0.25) is 0 Å². The van der Waals surface area contributed by atoms with Crippen LogP contribution in [0.25, 0.3) is 11.3 Å². The number of ether oxygens (including phenoxy) is 1. The largest absolute Gasteiger partial charge is 0.478 e. The van der Waals surface area contributed by atoms with Crippen LogP contribution in [0.4, 0.5) is 0 Å². The van der Waals surface area contributed by atoms with Crippen molar-refractivity contribution in [1.29, 1.82) is 0 Å². The fraction of sp³-hybridized carbons (Fsp3) is 0.143. The average molecular weight is 290 g/mol. The van der Waals surface area contributed by atoms with Crippen molar-refractivity contribution < 1.29 is 33.4 Å². The van der Waals surface area contributed by atoms with Gasteiger partial charge in [0, 0.05) is 6.42 Å². The summed E-state index contributed by atoms with van der Waals surface area (Å²) in [5.41, 5.74) is -1.50. The maximum absolute atomic E-state index is 11.7. The van der Waals surface area contributed by atoms with Crippen LogP contribution in [0, 0.1) is 0 Å². The number of rotatable bonds is 4. The van der Waals surface area contributed by atoms with Gasteiger partial charge in [0.25, 0.3) is 5.60 Å². The minimum absolute atomic E-state index is 0.00236. The zero-order valence-electron chi connectivity index (χ0n) is 10.6. The lowest BCUT2D eigenvalue weighted by Crippen LogP contribution is -2.36. The first-order chi connectivity index (χ1) is 10.0. The molecule has 108 valence electrons. The maximum atomic E-state index is 11.7. The molecule has 0 aromatic carbocycles. The molecule has 0 radical (unpaired) electrons. The van der Waals surface area contributed by atoms with Gasteiger partial charge in [-0.25, -0.2) is 9.59 Å². The van der Waals surface area contributed by atoms with Gasteiger partial charge in [-0.3, -0.25) is 0 Å². The van der Waals surface area contributed by atoms with Gasteiger partial charge in [0.2, 0.25) is 5.76 Å². The van der Waals surface area contributed by atoms with E-state index in [9.17, 15) is 14.7 Å². The summed E-state index contributed by atoms with van der Waals surface area (Å²) in [6, 6.07) is 4.83. The number of hydrogen-bond acceptors (Lipinski definition) is 5. The molecule has 0 amide bonds. The summed E-state index contributed by atoms with van der Waals surface area (Å²) >= 11 is 0. The van der Waals surface area contributed by atoms with Gasteiger partial charge in [-0.15, -0.1) is 0 Å². The van der Waals surface area contributed by atoms with E-state index < -0.39 is 23.3 Å². The molecule has 0 aliphatic carbocycles. The molecule has 1 aliphatic rings. The van der Waals surface area contributed by atoms with E-state index in [2.05, 4.69) is 0 Å². The summed E-state index contributed by atoms with van der Waals surface area (Å²) in [6.45, 7) is 0. The van der Waals surface area contributed by atoms with Gasteiger partial charge >= 0.3 is 11.9 Å². The molecule has 2 N–H and O–H groups in total. The number of aliphatic carboxylic acids is 2. The van der Waals surface area contributed by atoms with Crippen LogP contribution >= 0.6 is 0 Å². The highest BCUT2D eigenvalue weighted by Gasteiger charge is 2.52. The molecule has 7 heteroatoms. The number of furan rings is 2. The Bertz CT molecular complexity index is 722. The fourth-order valence-electron chi connectivity index (χ4n) is 2.25. The van der Waals surface area contributed by atoms with Gasteiger partial charge in [0.15, 0.2) is 5.76 Å². The number of carboxylic acids is 2. The molecule has 0 saturated carbocycles. The Morgan fingerprint density at radius 2 is 1.95 bits per heavy atom. The molecule has 1 atom stereocenters. The van der Waals surface area contributed by atoms with E-state index in [-0.39, 0.29) is 12.2 Å². The van der Waals surface area contributed by atoms with Gasteiger partial charge in [-0.2, -0.15) is 0 Å². The Kier molecular flexibility index (Phi) is 2.83. The third-order valence-electron chi connectivity index (χ3n) is 3.23. The minimum atomic E-state index is -1.90. The molecule has 0 saturated heterocycles. The first-order valence-electron chi connectivity index (χ1n) is 6.02. The quantitative estimate of drug-likeness (QED) is 0.888. The van der Waals surface area contributed by atoms with Crippen molar-refractivity contribution in [3.8, 4) is 11.3 Å². The summed E-state index contributed by atoms with van der Waals surface area (Å²) in [6.07, 6.45) is 3.81. The highest BCUT2D eigenvalue weighted by Crippen LogP contribution is 2.43. The van der Waals surface area contributed by atoms with Gasteiger partial charge in [-0.1, -0.05) is 0 Å². The third-order valence-corrected chi connectivity index (χ3v) is 3.23. The fourth-order valence-corrected chi connectivity index (χ4v) is 2.25. The molecular weight excluding hydrogens is 280 g/mol. The first-order valence-corrected chi connectivity index (χ1v) is 6.02. The Morgan fingerprint density at radius 3 is 2.52 bits per heavy atom. The Balaban J connectivity index is 2.08. The summed E-state index contributed by atoms with van der Waals surface area (Å²) in [4.78, 5) is 22.6. The first kappa shape index (κ1) is 13.0. The van der Waals surface area contributed by atoms with E-state index in [1.807, 2.05) is 0 Å². The molecular formula is C14H10O7. The van der Waals surface area contributed by atoms with Crippen molar-refractivity contribution in [3.63, 3.8) is 0 Å².